The molecular formula is C21H19N3O4. The molecule has 142 valence electrons. The minimum Gasteiger partial charge on any atom is -0.449 e. The number of carbonyl (C=O) groups excluding carboxylic acids is 3. The van der Waals surface area contributed by atoms with Crippen molar-refractivity contribution in [2.45, 2.75) is 25.9 Å². The van der Waals surface area contributed by atoms with E-state index in [4.69, 9.17) is 10.00 Å². The highest BCUT2D eigenvalue weighted by atomic mass is 16.5. The lowest BCUT2D eigenvalue weighted by molar-refractivity contribution is -0.123. The van der Waals surface area contributed by atoms with Crippen LogP contribution in [0, 0.1) is 17.2 Å². The number of benzene rings is 2. The predicted octanol–water partition coefficient (Wildman–Crippen LogP) is 3.09. The third-order valence-electron chi connectivity index (χ3n) is 4.29. The molecule has 0 saturated heterocycles. The van der Waals surface area contributed by atoms with Gasteiger partial charge >= 0.3 is 5.97 Å². The summed E-state index contributed by atoms with van der Waals surface area (Å²) in [7, 11) is 0. The maximum Gasteiger partial charge on any atom is 0.338 e. The lowest BCUT2D eigenvalue weighted by atomic mass is 10.2. The molecule has 2 aromatic rings. The van der Waals surface area contributed by atoms with Crippen LogP contribution in [0.5, 0.6) is 0 Å². The summed E-state index contributed by atoms with van der Waals surface area (Å²) in [5.74, 6) is -1.12. The first-order valence-electron chi connectivity index (χ1n) is 8.90. The van der Waals surface area contributed by atoms with E-state index in [1.54, 1.807) is 36.4 Å². The second-order valence-electron chi connectivity index (χ2n) is 6.54. The van der Waals surface area contributed by atoms with Gasteiger partial charge in [-0.15, -0.1) is 0 Å². The molecule has 1 saturated carbocycles. The van der Waals surface area contributed by atoms with Gasteiger partial charge in [-0.3, -0.25) is 9.59 Å². The molecule has 0 heterocycles. The number of rotatable bonds is 6. The van der Waals surface area contributed by atoms with Gasteiger partial charge in [0, 0.05) is 11.6 Å². The summed E-state index contributed by atoms with van der Waals surface area (Å²) in [6.07, 6.45) is 0.776. The van der Waals surface area contributed by atoms with Crippen LogP contribution in [0.25, 0.3) is 0 Å². The number of amides is 2. The Kier molecular flexibility index (Phi) is 5.70. The number of nitriles is 1. The molecule has 2 N–H and O–H groups in total. The van der Waals surface area contributed by atoms with E-state index in [1.165, 1.54) is 19.1 Å². The Hall–Kier alpha value is -3.66. The Labute approximate surface area is 162 Å². The van der Waals surface area contributed by atoms with Crippen LogP contribution < -0.4 is 10.6 Å². The third kappa shape index (κ3) is 4.74. The Morgan fingerprint density at radius 2 is 1.75 bits per heavy atom. The van der Waals surface area contributed by atoms with Crippen molar-refractivity contribution >= 4 is 29.2 Å². The zero-order valence-electron chi connectivity index (χ0n) is 15.3. The van der Waals surface area contributed by atoms with Crippen molar-refractivity contribution in [3.63, 3.8) is 0 Å². The van der Waals surface area contributed by atoms with Crippen LogP contribution in [-0.4, -0.2) is 23.9 Å². The zero-order chi connectivity index (χ0) is 20.1. The number of carbonyl (C=O) groups is 3. The number of hydrogen-bond donors (Lipinski definition) is 2. The van der Waals surface area contributed by atoms with Crippen molar-refractivity contribution in [2.24, 2.45) is 5.92 Å². The van der Waals surface area contributed by atoms with Crippen LogP contribution in [-0.2, 0) is 14.3 Å². The fourth-order valence-electron chi connectivity index (χ4n) is 2.49. The third-order valence-corrected chi connectivity index (χ3v) is 4.29. The number of anilines is 2. The van der Waals surface area contributed by atoms with E-state index in [1.807, 2.05) is 6.07 Å². The Balaban J connectivity index is 1.56. The van der Waals surface area contributed by atoms with Gasteiger partial charge in [0.05, 0.1) is 16.8 Å². The van der Waals surface area contributed by atoms with Crippen LogP contribution in [0.2, 0.25) is 0 Å². The molecule has 0 aliphatic heterocycles. The lowest BCUT2D eigenvalue weighted by Crippen LogP contribution is -2.30. The smallest absolute Gasteiger partial charge is 0.338 e. The molecule has 0 aromatic heterocycles. The molecule has 1 fully saturated rings. The number of nitrogens with zero attached hydrogens (tertiary/aromatic N) is 1. The maximum atomic E-state index is 12.2. The SMILES string of the molecule is CC(OC(=O)c1ccc(NC(=O)C2CC2)cc1)C(=O)Nc1ccccc1C#N. The minimum absolute atomic E-state index is 0.0155. The van der Waals surface area contributed by atoms with E-state index in [0.717, 1.165) is 12.8 Å². The predicted molar refractivity (Wildman–Crippen MR) is 102 cm³/mol. The second-order valence-corrected chi connectivity index (χ2v) is 6.54. The van der Waals surface area contributed by atoms with Crippen molar-refractivity contribution in [1.29, 1.82) is 5.26 Å². The molecule has 1 atom stereocenters. The van der Waals surface area contributed by atoms with Crippen molar-refractivity contribution in [3.05, 3.63) is 59.7 Å². The first-order chi connectivity index (χ1) is 13.5. The molecule has 0 spiro atoms. The van der Waals surface area contributed by atoms with Gasteiger partial charge in [-0.25, -0.2) is 4.79 Å². The van der Waals surface area contributed by atoms with Gasteiger partial charge in [-0.2, -0.15) is 5.26 Å². The Bertz CT molecular complexity index is 943. The van der Waals surface area contributed by atoms with Crippen LogP contribution in [0.15, 0.2) is 48.5 Å². The van der Waals surface area contributed by atoms with E-state index < -0.39 is 18.0 Å². The van der Waals surface area contributed by atoms with Gasteiger partial charge in [0.2, 0.25) is 5.91 Å². The Morgan fingerprint density at radius 1 is 1.07 bits per heavy atom. The molecule has 2 amide bonds. The summed E-state index contributed by atoms with van der Waals surface area (Å²) in [5, 5.41) is 14.4. The summed E-state index contributed by atoms with van der Waals surface area (Å²) in [5.41, 5.74) is 1.54. The molecular weight excluding hydrogens is 358 g/mol. The Morgan fingerprint density at radius 3 is 2.39 bits per heavy atom. The summed E-state index contributed by atoms with van der Waals surface area (Å²) < 4.78 is 5.19. The van der Waals surface area contributed by atoms with Gasteiger partial charge in [0.25, 0.3) is 5.91 Å². The average Bonchev–Trinajstić information content (AvgIpc) is 3.54. The van der Waals surface area contributed by atoms with Gasteiger partial charge in [0.1, 0.15) is 6.07 Å². The van der Waals surface area contributed by atoms with Gasteiger partial charge in [-0.05, 0) is 56.2 Å². The standard InChI is InChI=1S/C21H19N3O4/c1-13(19(25)24-18-5-3-2-4-16(18)12-22)28-21(27)15-8-10-17(11-9-15)23-20(26)14-6-7-14/h2-5,8-11,13-14H,6-7H2,1H3,(H,23,26)(H,24,25). The van der Waals surface area contributed by atoms with Gasteiger partial charge < -0.3 is 15.4 Å². The molecule has 1 aliphatic rings. The molecule has 2 aromatic carbocycles. The van der Waals surface area contributed by atoms with Crippen molar-refractivity contribution in [1.82, 2.24) is 0 Å². The average molecular weight is 377 g/mol. The molecule has 1 unspecified atom stereocenters. The van der Waals surface area contributed by atoms with E-state index in [0.29, 0.717) is 16.9 Å². The monoisotopic (exact) mass is 377 g/mol. The van der Waals surface area contributed by atoms with Crippen molar-refractivity contribution in [3.8, 4) is 6.07 Å². The van der Waals surface area contributed by atoms with E-state index in [9.17, 15) is 14.4 Å². The molecule has 0 bridgehead atoms. The fraction of sp³-hybridized carbons (Fsp3) is 0.238. The highest BCUT2D eigenvalue weighted by Crippen LogP contribution is 2.30. The largest absolute Gasteiger partial charge is 0.449 e. The van der Waals surface area contributed by atoms with Gasteiger partial charge in [-0.1, -0.05) is 12.1 Å². The lowest BCUT2D eigenvalue weighted by Gasteiger charge is -2.14. The van der Waals surface area contributed by atoms with Crippen LogP contribution in [0.3, 0.4) is 0 Å². The fourth-order valence-corrected chi connectivity index (χ4v) is 2.49. The first kappa shape index (κ1) is 19.1. The summed E-state index contributed by atoms with van der Waals surface area (Å²) in [6.45, 7) is 1.45. The normalized spacial score (nSPS) is 13.7. The van der Waals surface area contributed by atoms with Crippen LogP contribution in [0.4, 0.5) is 11.4 Å². The molecule has 0 radical (unpaired) electrons. The van der Waals surface area contributed by atoms with Crippen molar-refractivity contribution in [2.75, 3.05) is 10.6 Å². The highest BCUT2D eigenvalue weighted by Gasteiger charge is 2.29. The van der Waals surface area contributed by atoms with E-state index in [-0.39, 0.29) is 17.4 Å². The summed E-state index contributed by atoms with van der Waals surface area (Å²) >= 11 is 0. The highest BCUT2D eigenvalue weighted by molar-refractivity contribution is 5.98. The molecule has 3 rings (SSSR count). The zero-order valence-corrected chi connectivity index (χ0v) is 15.3. The number of nitrogens with one attached hydrogen (secondary N) is 2. The number of hydrogen-bond acceptors (Lipinski definition) is 5. The molecule has 1 aliphatic carbocycles. The van der Waals surface area contributed by atoms with Crippen LogP contribution >= 0.6 is 0 Å². The molecule has 7 heteroatoms. The second kappa shape index (κ2) is 8.35. The summed E-state index contributed by atoms with van der Waals surface area (Å²) in [6, 6.07) is 14.8. The number of esters is 1. The molecule has 7 nitrogen and oxygen atoms in total. The van der Waals surface area contributed by atoms with Crippen LogP contribution in [0.1, 0.15) is 35.7 Å². The first-order valence-corrected chi connectivity index (χ1v) is 8.90. The number of para-hydroxylation sites is 1. The summed E-state index contributed by atoms with van der Waals surface area (Å²) in [4.78, 5) is 36.2. The van der Waals surface area contributed by atoms with E-state index in [2.05, 4.69) is 10.6 Å². The van der Waals surface area contributed by atoms with E-state index >= 15 is 0 Å². The van der Waals surface area contributed by atoms with Gasteiger partial charge in [0.15, 0.2) is 6.10 Å². The van der Waals surface area contributed by atoms with Crippen molar-refractivity contribution < 1.29 is 19.1 Å². The maximum absolute atomic E-state index is 12.2. The minimum atomic E-state index is -1.05. The topological polar surface area (TPSA) is 108 Å². The quantitative estimate of drug-likeness (QED) is 0.752. The molecule has 28 heavy (non-hydrogen) atoms. The number of ether oxygens (including phenoxy) is 1.